The number of hydrogen-bond acceptors (Lipinski definition) is 4. The highest BCUT2D eigenvalue weighted by atomic mass is 127. The van der Waals surface area contributed by atoms with E-state index in [1.54, 1.807) is 0 Å². The predicted molar refractivity (Wildman–Crippen MR) is 141 cm³/mol. The van der Waals surface area contributed by atoms with Crippen molar-refractivity contribution in [1.82, 2.24) is 10.6 Å². The quantitative estimate of drug-likeness (QED) is 0.311. The van der Waals surface area contributed by atoms with E-state index in [-0.39, 0.29) is 24.0 Å². The number of nitrogens with one attached hydrogen (secondary N) is 2. The average Bonchev–Trinajstić information content (AvgIpc) is 3.30. The molecule has 0 radical (unpaired) electrons. The van der Waals surface area contributed by atoms with Crippen LogP contribution in [0.4, 0.5) is 5.69 Å². The van der Waals surface area contributed by atoms with Gasteiger partial charge in [-0.3, -0.25) is 4.99 Å². The maximum Gasteiger partial charge on any atom is 0.191 e. The van der Waals surface area contributed by atoms with Crippen molar-refractivity contribution in [3.8, 4) is 0 Å². The predicted octanol–water partition coefficient (Wildman–Crippen LogP) is 3.94. The second-order valence-electron chi connectivity index (χ2n) is 8.28. The van der Waals surface area contributed by atoms with Crippen molar-refractivity contribution in [1.29, 1.82) is 0 Å². The summed E-state index contributed by atoms with van der Waals surface area (Å²) in [6.07, 6.45) is 3.41. The molecule has 32 heavy (non-hydrogen) atoms. The molecule has 1 unspecified atom stereocenters. The molecule has 2 fully saturated rings. The van der Waals surface area contributed by atoms with Gasteiger partial charge in [0.05, 0.1) is 12.7 Å². The number of anilines is 1. The Balaban J connectivity index is 0.00000289. The summed E-state index contributed by atoms with van der Waals surface area (Å²) in [5.74, 6) is 0.851. The molecule has 0 saturated carbocycles. The lowest BCUT2D eigenvalue weighted by molar-refractivity contribution is -0.0390. The average molecular weight is 550 g/mol. The maximum atomic E-state index is 6.06. The van der Waals surface area contributed by atoms with E-state index in [0.717, 1.165) is 58.1 Å². The third kappa shape index (κ3) is 7.35. The van der Waals surface area contributed by atoms with Crippen molar-refractivity contribution in [3.63, 3.8) is 0 Å². The molecule has 7 heteroatoms. The zero-order valence-electron chi connectivity index (χ0n) is 18.8. The fourth-order valence-corrected chi connectivity index (χ4v) is 4.21. The van der Waals surface area contributed by atoms with Crippen LogP contribution in [-0.2, 0) is 22.6 Å². The lowest BCUT2D eigenvalue weighted by atomic mass is 10.1. The summed E-state index contributed by atoms with van der Waals surface area (Å²) in [5.41, 5.74) is 3.73. The summed E-state index contributed by atoms with van der Waals surface area (Å²) in [4.78, 5) is 6.85. The largest absolute Gasteiger partial charge is 0.381 e. The number of rotatable bonds is 7. The van der Waals surface area contributed by atoms with Crippen LogP contribution in [0.5, 0.6) is 0 Å². The second-order valence-corrected chi connectivity index (χ2v) is 8.28. The molecule has 4 rings (SSSR count). The highest BCUT2D eigenvalue weighted by molar-refractivity contribution is 14.0. The number of aliphatic imine (C=N–C) groups is 1. The molecule has 2 aromatic rings. The zero-order chi connectivity index (χ0) is 21.3. The third-order valence-electron chi connectivity index (χ3n) is 5.98. The summed E-state index contributed by atoms with van der Waals surface area (Å²) in [6.45, 7) is 5.07. The molecular formula is C25H35IN4O2. The molecule has 1 atom stereocenters. The molecule has 2 aromatic carbocycles. The van der Waals surface area contributed by atoms with Gasteiger partial charge in [-0.1, -0.05) is 42.5 Å². The van der Waals surface area contributed by atoms with E-state index in [2.05, 4.69) is 75.1 Å². The normalized spacial score (nSPS) is 19.5. The second kappa shape index (κ2) is 13.0. The minimum atomic E-state index is 0. The number of hydrogen-bond donors (Lipinski definition) is 2. The molecule has 0 spiro atoms. The number of halogens is 1. The van der Waals surface area contributed by atoms with Crippen LogP contribution in [0.3, 0.4) is 0 Å². The van der Waals surface area contributed by atoms with Gasteiger partial charge in [0.15, 0.2) is 5.96 Å². The van der Waals surface area contributed by atoms with Crippen molar-refractivity contribution in [2.45, 2.75) is 44.6 Å². The Bertz CT molecular complexity index is 843. The minimum absolute atomic E-state index is 0. The van der Waals surface area contributed by atoms with Gasteiger partial charge in [-0.05, 0) is 42.5 Å². The van der Waals surface area contributed by atoms with E-state index in [1.807, 2.05) is 7.05 Å². The van der Waals surface area contributed by atoms with Crippen LogP contribution < -0.4 is 15.5 Å². The Kier molecular flexibility index (Phi) is 10.1. The van der Waals surface area contributed by atoms with Gasteiger partial charge in [0.2, 0.25) is 0 Å². The molecule has 0 aromatic heterocycles. The molecule has 0 aliphatic carbocycles. The first-order chi connectivity index (χ1) is 15.3. The van der Waals surface area contributed by atoms with E-state index in [1.165, 1.54) is 16.8 Å². The van der Waals surface area contributed by atoms with E-state index < -0.39 is 0 Å². The molecule has 174 valence electrons. The number of ether oxygens (including phenoxy) is 2. The summed E-state index contributed by atoms with van der Waals surface area (Å²) in [6, 6.07) is 19.6. The topological polar surface area (TPSA) is 58.1 Å². The lowest BCUT2D eigenvalue weighted by Crippen LogP contribution is -2.44. The Morgan fingerprint density at radius 2 is 1.84 bits per heavy atom. The third-order valence-corrected chi connectivity index (χ3v) is 5.98. The van der Waals surface area contributed by atoms with Gasteiger partial charge in [-0.15, -0.1) is 24.0 Å². The fourth-order valence-electron chi connectivity index (χ4n) is 4.21. The Hall–Kier alpha value is -1.84. The molecule has 0 amide bonds. The van der Waals surface area contributed by atoms with E-state index in [0.29, 0.717) is 18.8 Å². The van der Waals surface area contributed by atoms with Crippen molar-refractivity contribution in [3.05, 3.63) is 65.7 Å². The van der Waals surface area contributed by atoms with Crippen LogP contribution in [0.2, 0.25) is 0 Å². The maximum absolute atomic E-state index is 6.06. The number of guanidine groups is 1. The van der Waals surface area contributed by atoms with Crippen LogP contribution in [-0.4, -0.2) is 51.5 Å². The first-order valence-electron chi connectivity index (χ1n) is 11.3. The number of para-hydroxylation sites is 1. The molecule has 2 heterocycles. The van der Waals surface area contributed by atoms with E-state index in [9.17, 15) is 0 Å². The standard InChI is InChI=1S/C25H34N4O2.HI/c1-26-25(28-22-10-13-29(18-22)23-8-3-2-4-9-23)27-17-20-6-5-7-21(16-20)19-31-24-11-14-30-15-12-24;/h2-9,16,22,24H,10-15,17-19H2,1H3,(H2,26,27,28);1H. The van der Waals surface area contributed by atoms with Gasteiger partial charge < -0.3 is 25.0 Å². The zero-order valence-corrected chi connectivity index (χ0v) is 21.2. The van der Waals surface area contributed by atoms with Gasteiger partial charge in [-0.2, -0.15) is 0 Å². The number of benzene rings is 2. The van der Waals surface area contributed by atoms with Crippen LogP contribution in [0.25, 0.3) is 0 Å². The van der Waals surface area contributed by atoms with E-state index in [4.69, 9.17) is 9.47 Å². The fraction of sp³-hybridized carbons (Fsp3) is 0.480. The first kappa shape index (κ1) is 24.8. The molecule has 0 bridgehead atoms. The monoisotopic (exact) mass is 550 g/mol. The van der Waals surface area contributed by atoms with Crippen molar-refractivity contribution >= 4 is 35.6 Å². The Morgan fingerprint density at radius 3 is 2.62 bits per heavy atom. The molecule has 2 aliphatic rings. The summed E-state index contributed by atoms with van der Waals surface area (Å²) < 4.78 is 11.5. The molecular weight excluding hydrogens is 515 g/mol. The highest BCUT2D eigenvalue weighted by Crippen LogP contribution is 2.19. The van der Waals surface area contributed by atoms with E-state index >= 15 is 0 Å². The molecule has 2 aliphatic heterocycles. The lowest BCUT2D eigenvalue weighted by Gasteiger charge is -2.22. The highest BCUT2D eigenvalue weighted by Gasteiger charge is 2.23. The van der Waals surface area contributed by atoms with Crippen molar-refractivity contribution < 1.29 is 9.47 Å². The first-order valence-corrected chi connectivity index (χ1v) is 11.3. The molecule has 2 saturated heterocycles. The van der Waals surface area contributed by atoms with Gasteiger partial charge in [0, 0.05) is 51.6 Å². The minimum Gasteiger partial charge on any atom is -0.381 e. The molecule has 2 N–H and O–H groups in total. The van der Waals surface area contributed by atoms with Gasteiger partial charge >= 0.3 is 0 Å². The van der Waals surface area contributed by atoms with Crippen LogP contribution >= 0.6 is 24.0 Å². The molecule has 6 nitrogen and oxygen atoms in total. The van der Waals surface area contributed by atoms with Crippen LogP contribution in [0.1, 0.15) is 30.4 Å². The Morgan fingerprint density at radius 1 is 1.06 bits per heavy atom. The van der Waals surface area contributed by atoms with Crippen LogP contribution in [0.15, 0.2) is 59.6 Å². The van der Waals surface area contributed by atoms with Gasteiger partial charge in [0.1, 0.15) is 0 Å². The summed E-state index contributed by atoms with van der Waals surface area (Å²) in [7, 11) is 1.83. The SMILES string of the molecule is CN=C(NCc1cccc(COC2CCOCC2)c1)NC1CCN(c2ccccc2)C1.I. The van der Waals surface area contributed by atoms with Gasteiger partial charge in [0.25, 0.3) is 0 Å². The van der Waals surface area contributed by atoms with Crippen molar-refractivity contribution in [2.75, 3.05) is 38.3 Å². The van der Waals surface area contributed by atoms with Gasteiger partial charge in [-0.25, -0.2) is 0 Å². The summed E-state index contributed by atoms with van der Waals surface area (Å²) >= 11 is 0. The van der Waals surface area contributed by atoms with Crippen LogP contribution in [0, 0.1) is 0 Å². The summed E-state index contributed by atoms with van der Waals surface area (Å²) in [5, 5.41) is 7.04. The smallest absolute Gasteiger partial charge is 0.191 e. The Labute approximate surface area is 208 Å². The van der Waals surface area contributed by atoms with Crippen molar-refractivity contribution in [2.24, 2.45) is 4.99 Å². The number of nitrogens with zero attached hydrogens (tertiary/aromatic N) is 2.